The first-order chi connectivity index (χ1) is 6.19. The van der Waals surface area contributed by atoms with Gasteiger partial charge in [-0.3, -0.25) is 0 Å². The average Bonchev–Trinajstić information content (AvgIpc) is 2.16. The number of esters is 1. The molecule has 0 saturated heterocycles. The number of benzene rings is 1. The minimum atomic E-state index is -0.657. The number of methoxy groups -OCH3 is 1. The number of hydrogen-bond donors (Lipinski definition) is 1. The third-order valence-corrected chi connectivity index (χ3v) is 1.49. The van der Waals surface area contributed by atoms with Crippen LogP contribution >= 0.6 is 0 Å². The van der Waals surface area contributed by atoms with Crippen molar-refractivity contribution < 1.29 is 14.6 Å². The maximum absolute atomic E-state index is 10.9. The van der Waals surface area contributed by atoms with E-state index in [1.165, 1.54) is 19.2 Å². The maximum atomic E-state index is 10.9. The fourth-order valence-corrected chi connectivity index (χ4v) is 0.859. The molecule has 0 amide bonds. The Morgan fingerprint density at radius 3 is 2.69 bits per heavy atom. The van der Waals surface area contributed by atoms with Gasteiger partial charge in [-0.15, -0.1) is 4.91 Å². The van der Waals surface area contributed by atoms with Crippen LogP contribution in [-0.4, -0.2) is 18.2 Å². The number of rotatable bonds is 2. The van der Waals surface area contributed by atoms with Gasteiger partial charge in [-0.2, -0.15) is 0 Å². The number of carbonyl (C=O) groups is 1. The van der Waals surface area contributed by atoms with Crippen molar-refractivity contribution in [3.63, 3.8) is 0 Å². The SMILES string of the molecule is COC(=O)c1ccc(N=O)cc1O. The van der Waals surface area contributed by atoms with Gasteiger partial charge in [0.1, 0.15) is 17.0 Å². The molecule has 0 atom stereocenters. The first-order valence-corrected chi connectivity index (χ1v) is 3.43. The van der Waals surface area contributed by atoms with Crippen molar-refractivity contribution in [2.24, 2.45) is 5.18 Å². The summed E-state index contributed by atoms with van der Waals surface area (Å²) in [5.41, 5.74) is 0.0695. The number of phenols is 1. The highest BCUT2D eigenvalue weighted by Gasteiger charge is 2.11. The standard InChI is InChI=1S/C8H7NO4/c1-13-8(11)6-3-2-5(9-12)4-7(6)10/h2-4,10H,1H3. The Hall–Kier alpha value is -1.91. The molecule has 0 unspecified atom stereocenters. The van der Waals surface area contributed by atoms with Crippen LogP contribution in [0.15, 0.2) is 23.4 Å². The van der Waals surface area contributed by atoms with E-state index < -0.39 is 5.97 Å². The summed E-state index contributed by atoms with van der Waals surface area (Å²) in [7, 11) is 1.20. The molecular formula is C8H7NO4. The first kappa shape index (κ1) is 9.18. The summed E-state index contributed by atoms with van der Waals surface area (Å²) in [5, 5.41) is 11.8. The summed E-state index contributed by atoms with van der Waals surface area (Å²) in [5.74, 6) is -0.973. The molecule has 0 aliphatic heterocycles. The summed E-state index contributed by atoms with van der Waals surface area (Å²) in [4.78, 5) is 21.0. The number of nitroso groups, excluding NO2 is 1. The third kappa shape index (κ3) is 1.81. The second kappa shape index (κ2) is 3.66. The molecule has 1 aromatic rings. The van der Waals surface area contributed by atoms with Crippen molar-refractivity contribution in [1.29, 1.82) is 0 Å². The van der Waals surface area contributed by atoms with Gasteiger partial charge < -0.3 is 9.84 Å². The van der Waals surface area contributed by atoms with Gasteiger partial charge in [0.2, 0.25) is 0 Å². The first-order valence-electron chi connectivity index (χ1n) is 3.43. The van der Waals surface area contributed by atoms with Crippen LogP contribution in [0.3, 0.4) is 0 Å². The van der Waals surface area contributed by atoms with E-state index in [0.717, 1.165) is 6.07 Å². The Morgan fingerprint density at radius 1 is 1.54 bits per heavy atom. The molecular weight excluding hydrogens is 174 g/mol. The van der Waals surface area contributed by atoms with Crippen molar-refractivity contribution in [3.8, 4) is 5.75 Å². The van der Waals surface area contributed by atoms with E-state index in [2.05, 4.69) is 9.91 Å². The minimum absolute atomic E-state index is 0.00917. The topological polar surface area (TPSA) is 76.0 Å². The molecule has 5 heteroatoms. The lowest BCUT2D eigenvalue weighted by Gasteiger charge is -2.01. The number of nitrogens with zero attached hydrogens (tertiary/aromatic N) is 1. The number of carbonyl (C=O) groups excluding carboxylic acids is 1. The Labute approximate surface area is 73.9 Å². The molecule has 0 aliphatic rings. The highest BCUT2D eigenvalue weighted by Crippen LogP contribution is 2.23. The molecule has 0 spiro atoms. The number of ether oxygens (including phenoxy) is 1. The molecule has 68 valence electrons. The number of phenolic OH excluding ortho intramolecular Hbond substituents is 1. The highest BCUT2D eigenvalue weighted by atomic mass is 16.5. The second-order valence-electron chi connectivity index (χ2n) is 2.28. The van der Waals surface area contributed by atoms with Gasteiger partial charge in [0.15, 0.2) is 0 Å². The summed E-state index contributed by atoms with van der Waals surface area (Å²) in [6.45, 7) is 0. The molecule has 1 N–H and O–H groups in total. The maximum Gasteiger partial charge on any atom is 0.341 e. The predicted molar refractivity (Wildman–Crippen MR) is 44.9 cm³/mol. The second-order valence-corrected chi connectivity index (χ2v) is 2.28. The monoisotopic (exact) mass is 181 g/mol. The molecule has 0 saturated carbocycles. The summed E-state index contributed by atoms with van der Waals surface area (Å²) < 4.78 is 4.38. The van der Waals surface area contributed by atoms with E-state index in [1.807, 2.05) is 0 Å². The average molecular weight is 181 g/mol. The molecule has 0 aromatic heterocycles. The van der Waals surface area contributed by atoms with Crippen LogP contribution in [0.1, 0.15) is 10.4 Å². The number of aromatic hydroxyl groups is 1. The lowest BCUT2D eigenvalue weighted by molar-refractivity contribution is 0.0597. The summed E-state index contributed by atoms with van der Waals surface area (Å²) >= 11 is 0. The zero-order valence-electron chi connectivity index (χ0n) is 6.85. The van der Waals surface area contributed by atoms with Crippen molar-refractivity contribution in [3.05, 3.63) is 28.7 Å². The molecule has 1 aromatic carbocycles. The van der Waals surface area contributed by atoms with Crippen LogP contribution in [0.25, 0.3) is 0 Å². The molecule has 1 rings (SSSR count). The normalized spacial score (nSPS) is 9.31. The molecule has 13 heavy (non-hydrogen) atoms. The van der Waals surface area contributed by atoms with E-state index in [1.54, 1.807) is 0 Å². The highest BCUT2D eigenvalue weighted by molar-refractivity contribution is 5.92. The fourth-order valence-electron chi connectivity index (χ4n) is 0.859. The molecule has 0 fully saturated rings. The Morgan fingerprint density at radius 2 is 2.23 bits per heavy atom. The summed E-state index contributed by atoms with van der Waals surface area (Å²) in [6, 6.07) is 3.69. The van der Waals surface area contributed by atoms with Crippen LogP contribution in [0.5, 0.6) is 5.75 Å². The van der Waals surface area contributed by atoms with Gasteiger partial charge in [-0.25, -0.2) is 4.79 Å². The van der Waals surface area contributed by atoms with E-state index in [0.29, 0.717) is 0 Å². The van der Waals surface area contributed by atoms with Crippen molar-refractivity contribution >= 4 is 11.7 Å². The Balaban J connectivity index is 3.12. The molecule has 0 heterocycles. The van der Waals surface area contributed by atoms with Crippen LogP contribution < -0.4 is 0 Å². The van der Waals surface area contributed by atoms with Gasteiger partial charge in [-0.1, -0.05) is 0 Å². The van der Waals surface area contributed by atoms with Crippen molar-refractivity contribution in [2.75, 3.05) is 7.11 Å². The Kier molecular flexibility index (Phi) is 2.59. The lowest BCUT2D eigenvalue weighted by atomic mass is 10.2. The van der Waals surface area contributed by atoms with Gasteiger partial charge in [0, 0.05) is 6.07 Å². The third-order valence-electron chi connectivity index (χ3n) is 1.49. The van der Waals surface area contributed by atoms with Gasteiger partial charge in [0.25, 0.3) is 0 Å². The van der Waals surface area contributed by atoms with E-state index in [4.69, 9.17) is 0 Å². The fraction of sp³-hybridized carbons (Fsp3) is 0.125. The molecule has 5 nitrogen and oxygen atoms in total. The van der Waals surface area contributed by atoms with Crippen LogP contribution in [-0.2, 0) is 4.74 Å². The zero-order chi connectivity index (χ0) is 9.84. The molecule has 0 bridgehead atoms. The van der Waals surface area contributed by atoms with Gasteiger partial charge in [0.05, 0.1) is 7.11 Å². The van der Waals surface area contributed by atoms with Gasteiger partial charge in [-0.05, 0) is 17.3 Å². The lowest BCUT2D eigenvalue weighted by Crippen LogP contribution is -2.00. The largest absolute Gasteiger partial charge is 0.507 e. The molecule has 0 aliphatic carbocycles. The predicted octanol–water partition coefficient (Wildman–Crippen LogP) is 1.58. The van der Waals surface area contributed by atoms with Crippen LogP contribution in [0.4, 0.5) is 5.69 Å². The van der Waals surface area contributed by atoms with E-state index in [9.17, 15) is 14.8 Å². The van der Waals surface area contributed by atoms with E-state index in [-0.39, 0.29) is 17.0 Å². The van der Waals surface area contributed by atoms with Crippen LogP contribution in [0.2, 0.25) is 0 Å². The Bertz CT molecular complexity index is 348. The van der Waals surface area contributed by atoms with Crippen molar-refractivity contribution in [2.45, 2.75) is 0 Å². The van der Waals surface area contributed by atoms with E-state index >= 15 is 0 Å². The summed E-state index contributed by atoms with van der Waals surface area (Å²) in [6.07, 6.45) is 0. The van der Waals surface area contributed by atoms with Crippen LogP contribution in [0, 0.1) is 4.91 Å². The quantitative estimate of drug-likeness (QED) is 0.555. The minimum Gasteiger partial charge on any atom is -0.507 e. The van der Waals surface area contributed by atoms with Crippen molar-refractivity contribution in [1.82, 2.24) is 0 Å². The zero-order valence-corrected chi connectivity index (χ0v) is 6.85. The van der Waals surface area contributed by atoms with Gasteiger partial charge >= 0.3 is 5.97 Å². The number of hydrogen-bond acceptors (Lipinski definition) is 5. The smallest absolute Gasteiger partial charge is 0.341 e. The molecule has 0 radical (unpaired) electrons.